The van der Waals surface area contributed by atoms with Gasteiger partial charge in [-0.25, -0.2) is 22.1 Å². The van der Waals surface area contributed by atoms with Gasteiger partial charge in [0.1, 0.15) is 0 Å². The van der Waals surface area contributed by atoms with Gasteiger partial charge in [-0.1, -0.05) is 25.5 Å². The van der Waals surface area contributed by atoms with Crippen molar-refractivity contribution in [2.45, 2.75) is 39.4 Å². The van der Waals surface area contributed by atoms with Gasteiger partial charge < -0.3 is 0 Å². The number of halogens is 6. The highest BCUT2D eigenvalue weighted by Crippen LogP contribution is 2.40. The van der Waals surface area contributed by atoms with Gasteiger partial charge in [0, 0.05) is 11.5 Å². The van der Waals surface area contributed by atoms with E-state index in [1.165, 1.54) is 4.57 Å². The summed E-state index contributed by atoms with van der Waals surface area (Å²) in [4.78, 5) is 0. The van der Waals surface area contributed by atoms with Crippen LogP contribution in [0.1, 0.15) is 45.2 Å². The van der Waals surface area contributed by atoms with Crippen LogP contribution in [-0.2, 0) is 0 Å². The predicted molar refractivity (Wildman–Crippen MR) is 70.5 cm³/mol. The quantitative estimate of drug-likeness (QED) is 0.331. The van der Waals surface area contributed by atoms with Crippen molar-refractivity contribution in [3.05, 3.63) is 41.2 Å². The molecule has 0 unspecified atom stereocenters. The molecule has 3 nitrogen and oxygen atoms in total. The molecule has 3 rings (SSSR count). The second-order valence-corrected chi connectivity index (χ2v) is 6.83. The average molecular weight is 350 g/mol. The third-order valence-electron chi connectivity index (χ3n) is 4.17. The van der Waals surface area contributed by atoms with Crippen LogP contribution in [0.3, 0.4) is 0 Å². The summed E-state index contributed by atoms with van der Waals surface area (Å²) >= 11 is 0. The van der Waals surface area contributed by atoms with Crippen molar-refractivity contribution in [1.82, 2.24) is 9.78 Å². The molecule has 1 aromatic heterocycles. The molecule has 24 heavy (non-hydrogen) atoms. The van der Waals surface area contributed by atoms with Crippen molar-refractivity contribution in [3.8, 4) is 5.69 Å². The molecule has 0 saturated carbocycles. The van der Waals surface area contributed by atoms with Crippen molar-refractivity contribution in [3.63, 3.8) is 0 Å². The van der Waals surface area contributed by atoms with Crippen LogP contribution in [-0.4, -0.2) is 9.78 Å². The van der Waals surface area contributed by atoms with Crippen LogP contribution in [0.4, 0.5) is 26.3 Å². The predicted octanol–water partition coefficient (Wildman–Crippen LogP) is 3.86. The Kier molecular flexibility index (Phi) is 3.65. The van der Waals surface area contributed by atoms with Crippen molar-refractivity contribution in [1.29, 1.82) is 0 Å². The molecule has 2 atom stereocenters. The first kappa shape index (κ1) is 16.8. The van der Waals surface area contributed by atoms with Crippen molar-refractivity contribution in [2.75, 3.05) is 0 Å². The zero-order valence-electron chi connectivity index (χ0n) is 13.0. The van der Waals surface area contributed by atoms with Crippen LogP contribution in [0.25, 0.3) is 5.69 Å². The van der Waals surface area contributed by atoms with E-state index in [4.69, 9.17) is 0 Å². The molecule has 0 amide bonds. The molecule has 2 heterocycles. The summed E-state index contributed by atoms with van der Waals surface area (Å²) in [6.45, 7) is 5.55. The summed E-state index contributed by atoms with van der Waals surface area (Å²) in [7, 11) is 0. The molecule has 0 saturated heterocycles. The standard InChI is InChI=1S/C15H14F6N3/c1-15(2,3)7-4-6(16)14-22-24(5-23(7)14)13-11(20)9(18)8(17)10(19)12(13)21/h5-7H,4H2,1-3H3/q+1/t6-,7-/m0/s1. The zero-order chi connectivity index (χ0) is 18.0. The number of aromatic nitrogens is 3. The van der Waals surface area contributed by atoms with Crippen LogP contribution < -0.4 is 4.57 Å². The first-order valence-electron chi connectivity index (χ1n) is 7.20. The third kappa shape index (κ3) is 2.29. The molecule has 0 radical (unpaired) electrons. The van der Waals surface area contributed by atoms with Gasteiger partial charge in [-0.2, -0.15) is 8.78 Å². The topological polar surface area (TPSA) is 21.7 Å². The second-order valence-electron chi connectivity index (χ2n) is 6.83. The number of hydrogen-bond acceptors (Lipinski definition) is 1. The molecule has 1 aliphatic heterocycles. The molecule has 0 fully saturated rings. The molecule has 9 heteroatoms. The molecule has 0 bridgehead atoms. The van der Waals surface area contributed by atoms with Gasteiger partial charge in [0.25, 0.3) is 0 Å². The lowest BCUT2D eigenvalue weighted by atomic mass is 9.85. The number of hydrogen-bond donors (Lipinski definition) is 0. The largest absolute Gasteiger partial charge is 0.312 e. The lowest BCUT2D eigenvalue weighted by Crippen LogP contribution is -2.43. The number of rotatable bonds is 1. The Morgan fingerprint density at radius 3 is 2.00 bits per heavy atom. The normalized spacial score (nSPS) is 20.5. The summed E-state index contributed by atoms with van der Waals surface area (Å²) < 4.78 is 83.7. The molecular formula is C15H14F6N3+. The monoisotopic (exact) mass is 350 g/mol. The Morgan fingerprint density at radius 2 is 1.50 bits per heavy atom. The molecular weight excluding hydrogens is 336 g/mol. The molecule has 1 aliphatic rings. The Labute approximate surface area is 133 Å². The minimum absolute atomic E-state index is 0.112. The van der Waals surface area contributed by atoms with E-state index in [-0.39, 0.29) is 23.7 Å². The van der Waals surface area contributed by atoms with E-state index in [1.807, 2.05) is 20.8 Å². The highest BCUT2D eigenvalue weighted by Gasteiger charge is 2.46. The van der Waals surface area contributed by atoms with E-state index in [0.29, 0.717) is 4.68 Å². The Balaban J connectivity index is 2.20. The van der Waals surface area contributed by atoms with Crippen molar-refractivity contribution >= 4 is 0 Å². The fraction of sp³-hybridized carbons (Fsp3) is 0.467. The molecule has 1 aromatic carbocycles. The van der Waals surface area contributed by atoms with E-state index in [1.54, 1.807) is 0 Å². The molecule has 0 N–H and O–H groups in total. The summed E-state index contributed by atoms with van der Waals surface area (Å²) in [5, 5.41) is 3.71. The van der Waals surface area contributed by atoms with Crippen molar-refractivity contribution in [2.24, 2.45) is 5.41 Å². The Morgan fingerprint density at radius 1 is 1.00 bits per heavy atom. The first-order valence-corrected chi connectivity index (χ1v) is 7.20. The van der Waals surface area contributed by atoms with Crippen LogP contribution in [0.2, 0.25) is 0 Å². The molecule has 0 aliphatic carbocycles. The summed E-state index contributed by atoms with van der Waals surface area (Å²) in [6, 6.07) is -0.363. The molecule has 130 valence electrons. The zero-order valence-corrected chi connectivity index (χ0v) is 13.0. The van der Waals surface area contributed by atoms with E-state index >= 15 is 0 Å². The van der Waals surface area contributed by atoms with Crippen molar-refractivity contribution < 1.29 is 30.9 Å². The highest BCUT2D eigenvalue weighted by atomic mass is 19.2. The maximum Gasteiger partial charge on any atom is 0.312 e. The van der Waals surface area contributed by atoms with E-state index in [2.05, 4.69) is 5.10 Å². The van der Waals surface area contributed by atoms with Gasteiger partial charge in [0.2, 0.25) is 41.1 Å². The summed E-state index contributed by atoms with van der Waals surface area (Å²) in [5.41, 5.74) is -1.61. The van der Waals surface area contributed by atoms with E-state index < -0.39 is 40.9 Å². The SMILES string of the molecule is CC(C)(C)[C@@H]1C[C@H](F)c2nn(-c3c(F)c(F)c(F)c(F)c3F)c[n+]21. The number of alkyl halides is 1. The molecule has 2 aromatic rings. The van der Waals surface area contributed by atoms with Gasteiger partial charge in [-0.05, 0) is 5.41 Å². The number of nitrogens with zero attached hydrogens (tertiary/aromatic N) is 3. The van der Waals surface area contributed by atoms with Crippen LogP contribution in [0, 0.1) is 34.5 Å². The van der Waals surface area contributed by atoms with Gasteiger partial charge in [-0.15, -0.1) is 0 Å². The maximum atomic E-state index is 14.2. The maximum absolute atomic E-state index is 14.2. The third-order valence-corrected chi connectivity index (χ3v) is 4.17. The van der Waals surface area contributed by atoms with Gasteiger partial charge in [0.15, 0.2) is 6.17 Å². The number of benzene rings is 1. The smallest absolute Gasteiger partial charge is 0.235 e. The lowest BCUT2D eigenvalue weighted by Gasteiger charge is -2.24. The fourth-order valence-electron chi connectivity index (χ4n) is 2.92. The van der Waals surface area contributed by atoms with Crippen LogP contribution in [0.5, 0.6) is 0 Å². The minimum atomic E-state index is -2.25. The highest BCUT2D eigenvalue weighted by molar-refractivity contribution is 5.36. The van der Waals surface area contributed by atoms with Crippen LogP contribution in [0.15, 0.2) is 6.33 Å². The summed E-state index contributed by atoms with van der Waals surface area (Å²) in [6.07, 6.45) is -0.302. The van der Waals surface area contributed by atoms with Gasteiger partial charge >= 0.3 is 5.82 Å². The van der Waals surface area contributed by atoms with Gasteiger partial charge in [-0.3, -0.25) is 0 Å². The minimum Gasteiger partial charge on any atom is -0.235 e. The lowest BCUT2D eigenvalue weighted by molar-refractivity contribution is -0.729. The fourth-order valence-corrected chi connectivity index (χ4v) is 2.92. The Hall–Kier alpha value is -2.06. The Bertz CT molecular complexity index is 795. The molecule has 0 spiro atoms. The summed E-state index contributed by atoms with van der Waals surface area (Å²) in [5.74, 6) is -10.6. The average Bonchev–Trinajstić information content (AvgIpc) is 3.03. The second kappa shape index (κ2) is 5.22. The van der Waals surface area contributed by atoms with E-state index in [9.17, 15) is 26.3 Å². The van der Waals surface area contributed by atoms with Gasteiger partial charge in [0.05, 0.1) is 6.04 Å². The first-order chi connectivity index (χ1) is 11.0. The number of fused-ring (bicyclic) bond motifs is 1. The van der Waals surface area contributed by atoms with E-state index in [0.717, 1.165) is 6.33 Å². The van der Waals surface area contributed by atoms with Crippen LogP contribution >= 0.6 is 0 Å².